The SMILES string of the molecule is CCN(Cc1nc2ccccc2c(=O)[nH]1)C(=O)C1CCC(C(=O)O)CC1. The van der Waals surface area contributed by atoms with Gasteiger partial charge in [-0.15, -0.1) is 0 Å². The Balaban J connectivity index is 1.72. The first-order valence-electron chi connectivity index (χ1n) is 8.99. The number of para-hydroxylation sites is 1. The Morgan fingerprint density at radius 3 is 2.50 bits per heavy atom. The van der Waals surface area contributed by atoms with Gasteiger partial charge >= 0.3 is 5.97 Å². The topological polar surface area (TPSA) is 103 Å². The van der Waals surface area contributed by atoms with Crippen molar-refractivity contribution < 1.29 is 14.7 Å². The van der Waals surface area contributed by atoms with Crippen LogP contribution in [0, 0.1) is 11.8 Å². The van der Waals surface area contributed by atoms with E-state index in [0.717, 1.165) is 0 Å². The molecule has 0 spiro atoms. The van der Waals surface area contributed by atoms with Crippen LogP contribution in [0.25, 0.3) is 10.9 Å². The molecule has 0 atom stereocenters. The maximum absolute atomic E-state index is 12.8. The summed E-state index contributed by atoms with van der Waals surface area (Å²) in [7, 11) is 0. The van der Waals surface area contributed by atoms with Gasteiger partial charge in [-0.3, -0.25) is 14.4 Å². The third-order valence-electron chi connectivity index (χ3n) is 5.12. The monoisotopic (exact) mass is 357 g/mol. The molecule has 3 rings (SSSR count). The van der Waals surface area contributed by atoms with Crippen LogP contribution in [-0.2, 0) is 16.1 Å². The molecule has 1 aliphatic rings. The van der Waals surface area contributed by atoms with Gasteiger partial charge in [0, 0.05) is 12.5 Å². The van der Waals surface area contributed by atoms with Gasteiger partial charge in [-0.2, -0.15) is 0 Å². The lowest BCUT2D eigenvalue weighted by Crippen LogP contribution is -2.38. The Kier molecular flexibility index (Phi) is 5.35. The van der Waals surface area contributed by atoms with Crippen LogP contribution >= 0.6 is 0 Å². The number of nitrogens with one attached hydrogen (secondary N) is 1. The van der Waals surface area contributed by atoms with E-state index in [0.29, 0.717) is 49.0 Å². The molecule has 0 radical (unpaired) electrons. The summed E-state index contributed by atoms with van der Waals surface area (Å²) in [6.45, 7) is 2.64. The summed E-state index contributed by atoms with van der Waals surface area (Å²) in [5, 5.41) is 9.61. The van der Waals surface area contributed by atoms with Gasteiger partial charge in [0.1, 0.15) is 5.82 Å². The molecule has 0 bridgehead atoms. The van der Waals surface area contributed by atoms with Crippen LogP contribution < -0.4 is 5.56 Å². The van der Waals surface area contributed by atoms with Crippen molar-refractivity contribution in [1.82, 2.24) is 14.9 Å². The predicted molar refractivity (Wildman–Crippen MR) is 96.5 cm³/mol. The summed E-state index contributed by atoms with van der Waals surface area (Å²) in [6, 6.07) is 7.10. The molecule has 1 saturated carbocycles. The van der Waals surface area contributed by atoms with Crippen molar-refractivity contribution in [3.05, 3.63) is 40.4 Å². The van der Waals surface area contributed by atoms with Crippen molar-refractivity contribution in [2.45, 2.75) is 39.2 Å². The van der Waals surface area contributed by atoms with Crippen molar-refractivity contribution >= 4 is 22.8 Å². The normalized spacial score (nSPS) is 20.0. The number of H-pyrrole nitrogens is 1. The fraction of sp³-hybridized carbons (Fsp3) is 0.474. The van der Waals surface area contributed by atoms with E-state index in [1.807, 2.05) is 13.0 Å². The van der Waals surface area contributed by atoms with E-state index in [1.54, 1.807) is 23.1 Å². The molecule has 0 aliphatic heterocycles. The molecule has 0 unspecified atom stereocenters. The molecule has 138 valence electrons. The zero-order valence-electron chi connectivity index (χ0n) is 14.8. The highest BCUT2D eigenvalue weighted by Crippen LogP contribution is 2.30. The molecule has 1 aromatic carbocycles. The fourth-order valence-corrected chi connectivity index (χ4v) is 3.58. The van der Waals surface area contributed by atoms with Gasteiger partial charge in [-0.1, -0.05) is 12.1 Å². The average molecular weight is 357 g/mol. The Hall–Kier alpha value is -2.70. The van der Waals surface area contributed by atoms with Crippen LogP contribution in [0.1, 0.15) is 38.4 Å². The number of fused-ring (bicyclic) bond motifs is 1. The van der Waals surface area contributed by atoms with Crippen molar-refractivity contribution in [3.63, 3.8) is 0 Å². The number of aliphatic carboxylic acids is 1. The number of carboxylic acids is 1. The standard InChI is InChI=1S/C19H23N3O4/c1-2-22(18(24)12-7-9-13(10-8-12)19(25)26)11-16-20-15-6-4-3-5-14(15)17(23)21-16/h3-6,12-13H,2,7-11H2,1H3,(H,25,26)(H,20,21,23). The molecule has 1 aliphatic carbocycles. The summed E-state index contributed by atoms with van der Waals surface area (Å²) in [6.07, 6.45) is 2.25. The highest BCUT2D eigenvalue weighted by molar-refractivity contribution is 5.80. The maximum atomic E-state index is 12.8. The van der Waals surface area contributed by atoms with E-state index >= 15 is 0 Å². The summed E-state index contributed by atoms with van der Waals surface area (Å²) in [5.41, 5.74) is 0.396. The van der Waals surface area contributed by atoms with Crippen LogP contribution in [0.5, 0.6) is 0 Å². The number of hydrogen-bond donors (Lipinski definition) is 2. The minimum Gasteiger partial charge on any atom is -0.481 e. The zero-order valence-corrected chi connectivity index (χ0v) is 14.8. The summed E-state index contributed by atoms with van der Waals surface area (Å²) in [4.78, 5) is 45.0. The van der Waals surface area contributed by atoms with Crippen molar-refractivity contribution in [2.24, 2.45) is 11.8 Å². The number of carboxylic acid groups (broad SMARTS) is 1. The van der Waals surface area contributed by atoms with Crippen molar-refractivity contribution in [3.8, 4) is 0 Å². The first kappa shape index (κ1) is 18.1. The largest absolute Gasteiger partial charge is 0.481 e. The minimum absolute atomic E-state index is 0.00662. The molecule has 1 aromatic heterocycles. The van der Waals surface area contributed by atoms with E-state index in [4.69, 9.17) is 5.11 Å². The molecule has 2 N–H and O–H groups in total. The second-order valence-electron chi connectivity index (χ2n) is 6.77. The van der Waals surface area contributed by atoms with E-state index in [-0.39, 0.29) is 29.8 Å². The molecular formula is C19H23N3O4. The zero-order chi connectivity index (χ0) is 18.7. The number of hydrogen-bond acceptors (Lipinski definition) is 4. The van der Waals surface area contributed by atoms with Gasteiger partial charge in [0.25, 0.3) is 5.56 Å². The quantitative estimate of drug-likeness (QED) is 0.853. The van der Waals surface area contributed by atoms with E-state index in [2.05, 4.69) is 9.97 Å². The number of benzene rings is 1. The molecule has 2 aromatic rings. The van der Waals surface area contributed by atoms with Crippen molar-refractivity contribution in [2.75, 3.05) is 6.54 Å². The molecule has 1 heterocycles. The maximum Gasteiger partial charge on any atom is 0.306 e. The smallest absolute Gasteiger partial charge is 0.306 e. The first-order chi connectivity index (χ1) is 12.5. The highest BCUT2D eigenvalue weighted by atomic mass is 16.4. The van der Waals surface area contributed by atoms with Crippen LogP contribution in [0.15, 0.2) is 29.1 Å². The van der Waals surface area contributed by atoms with Gasteiger partial charge in [0.05, 0.1) is 23.4 Å². The van der Waals surface area contributed by atoms with E-state index in [1.165, 1.54) is 0 Å². The molecular weight excluding hydrogens is 334 g/mol. The fourth-order valence-electron chi connectivity index (χ4n) is 3.58. The van der Waals surface area contributed by atoms with E-state index in [9.17, 15) is 14.4 Å². The minimum atomic E-state index is -0.777. The molecule has 1 amide bonds. The van der Waals surface area contributed by atoms with E-state index < -0.39 is 5.97 Å². The van der Waals surface area contributed by atoms with Crippen LogP contribution in [0.3, 0.4) is 0 Å². The highest BCUT2D eigenvalue weighted by Gasteiger charge is 2.31. The third-order valence-corrected chi connectivity index (χ3v) is 5.12. The molecule has 1 fully saturated rings. The lowest BCUT2D eigenvalue weighted by Gasteiger charge is -2.30. The van der Waals surface area contributed by atoms with Gasteiger partial charge in [0.15, 0.2) is 0 Å². The number of aromatic amines is 1. The Bertz CT molecular complexity index is 868. The summed E-state index contributed by atoms with van der Waals surface area (Å²) >= 11 is 0. The van der Waals surface area contributed by atoms with Gasteiger partial charge < -0.3 is 15.0 Å². The van der Waals surface area contributed by atoms with Crippen LogP contribution in [0.2, 0.25) is 0 Å². The Labute approximate surface area is 151 Å². The number of amides is 1. The lowest BCUT2D eigenvalue weighted by molar-refractivity contribution is -0.145. The van der Waals surface area contributed by atoms with Crippen LogP contribution in [0.4, 0.5) is 0 Å². The lowest BCUT2D eigenvalue weighted by atomic mass is 9.81. The second kappa shape index (κ2) is 7.68. The number of carbonyl (C=O) groups is 2. The molecule has 7 nitrogen and oxygen atoms in total. The third kappa shape index (κ3) is 3.76. The average Bonchev–Trinajstić information content (AvgIpc) is 2.65. The number of nitrogens with zero attached hydrogens (tertiary/aromatic N) is 2. The van der Waals surface area contributed by atoms with Crippen molar-refractivity contribution in [1.29, 1.82) is 0 Å². The van der Waals surface area contributed by atoms with Gasteiger partial charge in [-0.05, 0) is 44.7 Å². The number of rotatable bonds is 5. The second-order valence-corrected chi connectivity index (χ2v) is 6.77. The molecule has 0 saturated heterocycles. The van der Waals surface area contributed by atoms with Gasteiger partial charge in [-0.25, -0.2) is 4.98 Å². The number of carbonyl (C=O) groups excluding carboxylic acids is 1. The Morgan fingerprint density at radius 1 is 1.19 bits per heavy atom. The van der Waals surface area contributed by atoms with Gasteiger partial charge in [0.2, 0.25) is 5.91 Å². The molecule has 7 heteroatoms. The summed E-state index contributed by atoms with van der Waals surface area (Å²) < 4.78 is 0. The first-order valence-corrected chi connectivity index (χ1v) is 8.99. The predicted octanol–water partition coefficient (Wildman–Crippen LogP) is 2.16. The number of aromatic nitrogens is 2. The summed E-state index contributed by atoms with van der Waals surface area (Å²) in [5.74, 6) is -0.804. The molecule has 26 heavy (non-hydrogen) atoms. The Morgan fingerprint density at radius 2 is 1.85 bits per heavy atom. The van der Waals surface area contributed by atoms with Crippen LogP contribution in [-0.4, -0.2) is 38.4 Å².